The Balaban J connectivity index is 3.10. The van der Waals surface area contributed by atoms with E-state index in [2.05, 4.69) is 11.3 Å². The zero-order valence-electron chi connectivity index (χ0n) is 5.79. The summed E-state index contributed by atoms with van der Waals surface area (Å²) >= 11 is -0.777. The predicted molar refractivity (Wildman–Crippen MR) is 32.7 cm³/mol. The molecule has 0 radical (unpaired) electrons. The lowest BCUT2D eigenvalue weighted by Gasteiger charge is -2.24. The van der Waals surface area contributed by atoms with E-state index in [1.165, 1.54) is 0 Å². The number of hydrogen-bond acceptors (Lipinski definition) is 2. The number of ether oxygens (including phenoxy) is 1. The molecule has 1 fully saturated rings. The first-order chi connectivity index (χ1) is 5.60. The molecule has 1 rings (SSSR count). The van der Waals surface area contributed by atoms with Crippen molar-refractivity contribution in [1.29, 1.82) is 0 Å². The Kier molecular flexibility index (Phi) is 2.02. The van der Waals surface area contributed by atoms with E-state index >= 15 is 0 Å². The number of halogens is 6. The van der Waals surface area contributed by atoms with Crippen molar-refractivity contribution < 1.29 is 31.1 Å². The van der Waals surface area contributed by atoms with Gasteiger partial charge in [0.05, 0.1) is 0 Å². The monoisotopic (exact) mass is 224 g/mol. The Morgan fingerprint density at radius 3 is 1.85 bits per heavy atom. The fourth-order valence-corrected chi connectivity index (χ4v) is 1.40. The largest absolute Gasteiger partial charge is 0.453 e. The topological polar surface area (TPSA) is 9.23 Å². The van der Waals surface area contributed by atoms with E-state index in [1.807, 2.05) is 0 Å². The van der Waals surface area contributed by atoms with Gasteiger partial charge in [0.25, 0.3) is 0 Å². The van der Waals surface area contributed by atoms with Gasteiger partial charge in [-0.3, -0.25) is 0 Å². The molecule has 1 atom stereocenters. The van der Waals surface area contributed by atoms with Gasteiger partial charge in [-0.05, 0) is 18.3 Å². The molecule has 0 spiro atoms. The van der Waals surface area contributed by atoms with Gasteiger partial charge in [0.15, 0.2) is 5.09 Å². The second-order valence-electron chi connectivity index (χ2n) is 2.19. The highest BCUT2D eigenvalue weighted by atomic mass is 32.2. The van der Waals surface area contributed by atoms with Gasteiger partial charge >= 0.3 is 17.3 Å². The molecule has 1 nitrogen and oxygen atoms in total. The molecule has 0 aromatic carbocycles. The van der Waals surface area contributed by atoms with Gasteiger partial charge in [0.1, 0.15) is 0 Å². The van der Waals surface area contributed by atoms with Gasteiger partial charge in [-0.1, -0.05) is 0 Å². The third kappa shape index (κ3) is 1.36. The Hall–Kier alpha value is -0.530. The molecule has 1 heterocycles. The van der Waals surface area contributed by atoms with Crippen LogP contribution < -0.4 is 0 Å². The van der Waals surface area contributed by atoms with Crippen molar-refractivity contribution in [3.05, 3.63) is 11.7 Å². The van der Waals surface area contributed by atoms with E-state index in [0.717, 1.165) is 0 Å². The molecule has 0 aromatic rings. The van der Waals surface area contributed by atoms with E-state index in [9.17, 15) is 26.3 Å². The third-order valence-corrected chi connectivity index (χ3v) is 2.30. The Morgan fingerprint density at radius 1 is 1.23 bits per heavy atom. The highest BCUT2D eigenvalue weighted by Gasteiger charge is 2.78. The molecule has 1 unspecified atom stereocenters. The summed E-state index contributed by atoms with van der Waals surface area (Å²) in [6, 6.07) is 0. The fourth-order valence-electron chi connectivity index (χ4n) is 0.669. The molecule has 0 N–H and O–H groups in total. The SMILES string of the molecule is C=C1OC(F)(F)C(F)(C(F)(F)F)S1. The highest BCUT2D eigenvalue weighted by Crippen LogP contribution is 2.60. The van der Waals surface area contributed by atoms with Gasteiger partial charge in [0.2, 0.25) is 0 Å². The van der Waals surface area contributed by atoms with E-state index in [4.69, 9.17) is 0 Å². The molecule has 1 aliphatic heterocycles. The summed E-state index contributed by atoms with van der Waals surface area (Å²) in [6.07, 6.45) is -10.6. The van der Waals surface area contributed by atoms with Gasteiger partial charge in [0, 0.05) is 0 Å². The summed E-state index contributed by atoms with van der Waals surface area (Å²) < 4.78 is 76.2. The zero-order chi connectivity index (χ0) is 10.5. The van der Waals surface area contributed by atoms with Crippen molar-refractivity contribution in [3.63, 3.8) is 0 Å². The van der Waals surface area contributed by atoms with Crippen LogP contribution in [-0.2, 0) is 4.74 Å². The van der Waals surface area contributed by atoms with Gasteiger partial charge in [-0.25, -0.2) is 4.39 Å². The van der Waals surface area contributed by atoms with E-state index in [0.29, 0.717) is 0 Å². The quantitative estimate of drug-likeness (QED) is 0.585. The molecule has 0 aromatic heterocycles. The second kappa shape index (κ2) is 2.49. The fraction of sp³-hybridized carbons (Fsp3) is 0.600. The van der Waals surface area contributed by atoms with Crippen LogP contribution in [-0.4, -0.2) is 17.3 Å². The average Bonchev–Trinajstić information content (AvgIpc) is 2.00. The van der Waals surface area contributed by atoms with E-state index < -0.39 is 34.1 Å². The van der Waals surface area contributed by atoms with Crippen LogP contribution in [0.15, 0.2) is 11.7 Å². The van der Waals surface area contributed by atoms with Crippen LogP contribution in [0.1, 0.15) is 0 Å². The zero-order valence-corrected chi connectivity index (χ0v) is 6.61. The highest BCUT2D eigenvalue weighted by molar-refractivity contribution is 8.04. The molecule has 76 valence electrons. The Morgan fingerprint density at radius 2 is 1.69 bits per heavy atom. The van der Waals surface area contributed by atoms with Crippen molar-refractivity contribution in [2.45, 2.75) is 17.3 Å². The lowest BCUT2D eigenvalue weighted by Crippen LogP contribution is -2.49. The maximum atomic E-state index is 12.7. The van der Waals surface area contributed by atoms with Crippen LogP contribution in [0.2, 0.25) is 0 Å². The normalized spacial score (nSPS) is 33.2. The third-order valence-electron chi connectivity index (χ3n) is 1.24. The molecule has 0 saturated carbocycles. The first-order valence-electron chi connectivity index (χ1n) is 2.80. The van der Waals surface area contributed by atoms with Crippen molar-refractivity contribution in [2.75, 3.05) is 0 Å². The molecule has 1 aliphatic rings. The standard InChI is InChI=1S/C5H2F6OS/c1-2-12-5(10,11)3(6,13-2)4(7,8)9/h1H2. The number of alkyl halides is 6. The second-order valence-corrected chi connectivity index (χ2v) is 3.41. The van der Waals surface area contributed by atoms with Gasteiger partial charge in [-0.15, -0.1) is 0 Å². The number of thioether (sulfide) groups is 1. The maximum absolute atomic E-state index is 12.7. The van der Waals surface area contributed by atoms with Crippen LogP contribution in [0.3, 0.4) is 0 Å². The Labute approximate surface area is 72.7 Å². The minimum Gasteiger partial charge on any atom is -0.423 e. The van der Waals surface area contributed by atoms with Crippen molar-refractivity contribution in [2.24, 2.45) is 0 Å². The first kappa shape index (κ1) is 10.6. The minimum atomic E-state index is -5.71. The number of hydrogen-bond donors (Lipinski definition) is 0. The lowest BCUT2D eigenvalue weighted by atomic mass is 10.3. The van der Waals surface area contributed by atoms with Crippen LogP contribution in [0.25, 0.3) is 0 Å². The van der Waals surface area contributed by atoms with Gasteiger partial charge in [-0.2, -0.15) is 22.0 Å². The summed E-state index contributed by atoms with van der Waals surface area (Å²) in [7, 11) is 0. The van der Waals surface area contributed by atoms with E-state index in [-0.39, 0.29) is 0 Å². The first-order valence-corrected chi connectivity index (χ1v) is 3.62. The summed E-state index contributed by atoms with van der Waals surface area (Å²) in [5, 5.41) is -5.73. The molecular formula is C5H2F6OS. The van der Waals surface area contributed by atoms with Crippen molar-refractivity contribution in [1.82, 2.24) is 0 Å². The minimum absolute atomic E-state index is 0.777. The van der Waals surface area contributed by atoms with Crippen molar-refractivity contribution in [3.8, 4) is 0 Å². The van der Waals surface area contributed by atoms with Crippen LogP contribution in [0, 0.1) is 0 Å². The number of rotatable bonds is 0. The van der Waals surface area contributed by atoms with E-state index in [1.54, 1.807) is 0 Å². The summed E-state index contributed by atoms with van der Waals surface area (Å²) in [6.45, 7) is 2.68. The molecule has 0 amide bonds. The van der Waals surface area contributed by atoms with Crippen molar-refractivity contribution >= 4 is 11.8 Å². The molecule has 0 bridgehead atoms. The summed E-state index contributed by atoms with van der Waals surface area (Å²) in [4.78, 5) is 0. The lowest BCUT2D eigenvalue weighted by molar-refractivity contribution is -0.326. The predicted octanol–water partition coefficient (Wildman–Crippen LogP) is 3.04. The average molecular weight is 224 g/mol. The smallest absolute Gasteiger partial charge is 0.423 e. The van der Waals surface area contributed by atoms with Crippen LogP contribution in [0.5, 0.6) is 0 Å². The van der Waals surface area contributed by atoms with Crippen LogP contribution >= 0.6 is 11.8 Å². The maximum Gasteiger partial charge on any atom is 0.453 e. The summed E-state index contributed by atoms with van der Waals surface area (Å²) in [5.41, 5.74) is 0. The molecule has 0 aliphatic carbocycles. The molecule has 13 heavy (non-hydrogen) atoms. The molecule has 1 saturated heterocycles. The molecular weight excluding hydrogens is 222 g/mol. The Bertz CT molecular complexity index is 248. The van der Waals surface area contributed by atoms with Crippen LogP contribution in [0.4, 0.5) is 26.3 Å². The van der Waals surface area contributed by atoms with Gasteiger partial charge < -0.3 is 4.74 Å². The molecule has 8 heteroatoms. The summed E-state index contributed by atoms with van der Waals surface area (Å²) in [5.74, 6) is 0.